The van der Waals surface area contributed by atoms with Gasteiger partial charge in [0.15, 0.2) is 0 Å². The molecule has 0 aliphatic heterocycles. The van der Waals surface area contributed by atoms with Gasteiger partial charge in [-0.25, -0.2) is 8.42 Å². The van der Waals surface area contributed by atoms with Crippen molar-refractivity contribution >= 4 is 39.1 Å². The Hall–Kier alpha value is -3.36. The van der Waals surface area contributed by atoms with Gasteiger partial charge in [0.2, 0.25) is 21.8 Å². The maximum absolute atomic E-state index is 14.0. The van der Waals surface area contributed by atoms with Gasteiger partial charge in [0.1, 0.15) is 12.6 Å². The van der Waals surface area contributed by atoms with E-state index in [1.165, 1.54) is 4.90 Å². The van der Waals surface area contributed by atoms with Crippen LogP contribution in [0.5, 0.6) is 0 Å². The number of halogens is 1. The summed E-state index contributed by atoms with van der Waals surface area (Å²) in [6.07, 6.45) is 3.08. The molecule has 3 aromatic rings. The van der Waals surface area contributed by atoms with Crippen LogP contribution in [0.1, 0.15) is 36.5 Å². The monoisotopic (exact) mass is 569 g/mol. The molecule has 0 aliphatic carbocycles. The molecule has 0 radical (unpaired) electrons. The second-order valence-corrected chi connectivity index (χ2v) is 11.9. The Labute approximate surface area is 236 Å². The van der Waals surface area contributed by atoms with E-state index in [0.29, 0.717) is 22.8 Å². The molecule has 0 spiro atoms. The van der Waals surface area contributed by atoms with Crippen molar-refractivity contribution in [2.45, 2.75) is 45.7 Å². The van der Waals surface area contributed by atoms with Crippen LogP contribution in [-0.4, -0.2) is 50.5 Å². The van der Waals surface area contributed by atoms with Crippen molar-refractivity contribution in [3.05, 3.63) is 101 Å². The van der Waals surface area contributed by atoms with Crippen molar-refractivity contribution in [3.63, 3.8) is 0 Å². The van der Waals surface area contributed by atoms with E-state index in [9.17, 15) is 18.0 Å². The number of amides is 2. The maximum atomic E-state index is 14.0. The smallest absolute Gasteiger partial charge is 0.244 e. The Bertz CT molecular complexity index is 1350. The molecule has 0 bridgehead atoms. The minimum atomic E-state index is -3.83. The van der Waals surface area contributed by atoms with Gasteiger partial charge < -0.3 is 10.2 Å². The molecule has 39 heavy (non-hydrogen) atoms. The molecule has 0 unspecified atom stereocenters. The van der Waals surface area contributed by atoms with E-state index in [-0.39, 0.29) is 18.9 Å². The summed E-state index contributed by atoms with van der Waals surface area (Å²) in [7, 11) is -3.83. The van der Waals surface area contributed by atoms with E-state index in [1.807, 2.05) is 67.6 Å². The van der Waals surface area contributed by atoms with Crippen LogP contribution in [0.3, 0.4) is 0 Å². The number of hydrogen-bond acceptors (Lipinski definition) is 4. The molecular weight excluding hydrogens is 534 g/mol. The predicted molar refractivity (Wildman–Crippen MR) is 157 cm³/mol. The van der Waals surface area contributed by atoms with E-state index in [4.69, 9.17) is 11.6 Å². The fourth-order valence-corrected chi connectivity index (χ4v) is 5.47. The lowest BCUT2D eigenvalue weighted by molar-refractivity contribution is -0.140. The molecule has 0 saturated heterocycles. The zero-order valence-electron chi connectivity index (χ0n) is 22.6. The van der Waals surface area contributed by atoms with E-state index < -0.39 is 28.5 Å². The SMILES string of the molecule is CCCCNC(=O)[C@@H](Cc1ccccc1)N(Cc1ccccc1)C(=O)CN(c1ccc(Cl)cc1C)S(C)(=O)=O. The van der Waals surface area contributed by atoms with Crippen LogP contribution in [0.15, 0.2) is 78.9 Å². The third-order valence-corrected chi connectivity index (χ3v) is 7.76. The first-order chi connectivity index (χ1) is 18.6. The average molecular weight is 570 g/mol. The number of unbranched alkanes of at least 4 members (excludes halogenated alkanes) is 1. The summed E-state index contributed by atoms with van der Waals surface area (Å²) in [6.45, 7) is 3.97. The van der Waals surface area contributed by atoms with E-state index >= 15 is 0 Å². The number of benzene rings is 3. The highest BCUT2D eigenvalue weighted by atomic mass is 35.5. The molecule has 9 heteroatoms. The molecule has 0 aromatic heterocycles. The minimum Gasteiger partial charge on any atom is -0.354 e. The van der Waals surface area contributed by atoms with Crippen LogP contribution in [-0.2, 0) is 32.6 Å². The molecule has 0 fully saturated rings. The zero-order chi connectivity index (χ0) is 28.4. The fraction of sp³-hybridized carbons (Fsp3) is 0.333. The summed E-state index contributed by atoms with van der Waals surface area (Å²) in [6, 6.07) is 22.9. The highest BCUT2D eigenvalue weighted by Crippen LogP contribution is 2.26. The molecule has 208 valence electrons. The minimum absolute atomic E-state index is 0.148. The van der Waals surface area contributed by atoms with Crippen molar-refractivity contribution in [2.24, 2.45) is 0 Å². The highest BCUT2D eigenvalue weighted by molar-refractivity contribution is 7.92. The first kappa shape index (κ1) is 30.2. The number of sulfonamides is 1. The lowest BCUT2D eigenvalue weighted by Crippen LogP contribution is -2.53. The fourth-order valence-electron chi connectivity index (χ4n) is 4.33. The summed E-state index contributed by atoms with van der Waals surface area (Å²) in [5.41, 5.74) is 2.71. The lowest BCUT2D eigenvalue weighted by Gasteiger charge is -2.33. The molecule has 0 heterocycles. The first-order valence-corrected chi connectivity index (χ1v) is 15.2. The summed E-state index contributed by atoms with van der Waals surface area (Å²) in [4.78, 5) is 29.1. The van der Waals surface area contributed by atoms with Gasteiger partial charge in [0.05, 0.1) is 11.9 Å². The van der Waals surface area contributed by atoms with Crippen LogP contribution in [0.4, 0.5) is 5.69 Å². The number of carbonyl (C=O) groups is 2. The molecular formula is C30H36ClN3O4S. The van der Waals surface area contributed by atoms with Crippen LogP contribution < -0.4 is 9.62 Å². The number of rotatable bonds is 13. The largest absolute Gasteiger partial charge is 0.354 e. The van der Waals surface area contributed by atoms with Crippen molar-refractivity contribution in [1.82, 2.24) is 10.2 Å². The van der Waals surface area contributed by atoms with Crippen LogP contribution in [0, 0.1) is 6.92 Å². The van der Waals surface area contributed by atoms with E-state index in [2.05, 4.69) is 5.32 Å². The maximum Gasteiger partial charge on any atom is 0.244 e. The molecule has 3 rings (SSSR count). The normalized spacial score (nSPS) is 12.0. The van der Waals surface area contributed by atoms with Gasteiger partial charge >= 0.3 is 0 Å². The first-order valence-electron chi connectivity index (χ1n) is 13.0. The predicted octanol–water partition coefficient (Wildman–Crippen LogP) is 4.97. The van der Waals surface area contributed by atoms with Gasteiger partial charge in [-0.15, -0.1) is 0 Å². The Kier molecular flexibility index (Phi) is 10.9. The molecule has 0 saturated carbocycles. The van der Waals surface area contributed by atoms with E-state index in [1.54, 1.807) is 25.1 Å². The Morgan fingerprint density at radius 1 is 0.949 bits per heavy atom. The molecule has 0 aliphatic rings. The topological polar surface area (TPSA) is 86.8 Å². The van der Waals surface area contributed by atoms with Gasteiger partial charge in [-0.3, -0.25) is 13.9 Å². The van der Waals surface area contributed by atoms with Gasteiger partial charge in [-0.1, -0.05) is 85.6 Å². The zero-order valence-corrected chi connectivity index (χ0v) is 24.2. The number of carbonyl (C=O) groups excluding carboxylic acids is 2. The number of nitrogens with one attached hydrogen (secondary N) is 1. The van der Waals surface area contributed by atoms with Gasteiger partial charge in [0.25, 0.3) is 0 Å². The second-order valence-electron chi connectivity index (χ2n) is 9.56. The highest BCUT2D eigenvalue weighted by Gasteiger charge is 2.33. The van der Waals surface area contributed by atoms with Crippen molar-refractivity contribution in [2.75, 3.05) is 23.7 Å². The summed E-state index contributed by atoms with van der Waals surface area (Å²) >= 11 is 6.10. The van der Waals surface area contributed by atoms with Crippen molar-refractivity contribution in [1.29, 1.82) is 0 Å². The standard InChI is InChI=1S/C30H36ClN3O4S/c1-4-5-18-32-30(36)28(20-24-12-8-6-9-13-24)33(21-25-14-10-7-11-15-25)29(35)22-34(39(3,37)38)27-17-16-26(31)19-23(27)2/h6-17,19,28H,4-5,18,20-22H2,1-3H3,(H,32,36)/t28-/m1/s1. The third-order valence-electron chi connectivity index (χ3n) is 6.40. The number of anilines is 1. The van der Waals surface area contributed by atoms with Crippen LogP contribution in [0.25, 0.3) is 0 Å². The molecule has 7 nitrogen and oxygen atoms in total. The molecule has 1 N–H and O–H groups in total. The summed E-state index contributed by atoms with van der Waals surface area (Å²) < 4.78 is 26.9. The molecule has 1 atom stereocenters. The van der Waals surface area contributed by atoms with Crippen molar-refractivity contribution < 1.29 is 18.0 Å². The van der Waals surface area contributed by atoms with Crippen molar-refractivity contribution in [3.8, 4) is 0 Å². The summed E-state index contributed by atoms with van der Waals surface area (Å²) in [5.74, 6) is -0.754. The Morgan fingerprint density at radius 2 is 1.56 bits per heavy atom. The third kappa shape index (κ3) is 8.83. The van der Waals surface area contributed by atoms with E-state index in [0.717, 1.165) is 34.5 Å². The lowest BCUT2D eigenvalue weighted by atomic mass is 10.0. The van der Waals surface area contributed by atoms with Gasteiger partial charge in [0, 0.05) is 24.5 Å². The summed E-state index contributed by atoms with van der Waals surface area (Å²) in [5, 5.41) is 3.44. The average Bonchev–Trinajstić information content (AvgIpc) is 2.90. The van der Waals surface area contributed by atoms with Gasteiger partial charge in [-0.05, 0) is 48.2 Å². The van der Waals surface area contributed by atoms with Crippen LogP contribution >= 0.6 is 11.6 Å². The Morgan fingerprint density at radius 3 is 2.13 bits per heavy atom. The second kappa shape index (κ2) is 14.1. The van der Waals surface area contributed by atoms with Crippen LogP contribution in [0.2, 0.25) is 5.02 Å². The number of aryl methyl sites for hydroxylation is 1. The number of nitrogens with zero attached hydrogens (tertiary/aromatic N) is 2. The quantitative estimate of drug-likeness (QED) is 0.294. The number of hydrogen-bond donors (Lipinski definition) is 1. The molecule has 2 amide bonds. The molecule has 3 aromatic carbocycles. The van der Waals surface area contributed by atoms with Gasteiger partial charge in [-0.2, -0.15) is 0 Å². The Balaban J connectivity index is 2.03.